The third-order valence-corrected chi connectivity index (χ3v) is 5.35. The highest BCUT2D eigenvalue weighted by atomic mass is 35.5. The summed E-state index contributed by atoms with van der Waals surface area (Å²) in [5, 5.41) is 5.25. The van der Waals surface area contributed by atoms with Crippen molar-refractivity contribution >= 4 is 29.0 Å². The summed E-state index contributed by atoms with van der Waals surface area (Å²) in [5.41, 5.74) is 0.0391. The Labute approximate surface area is 168 Å². The first-order chi connectivity index (χ1) is 12.8. The zero-order valence-corrected chi connectivity index (χ0v) is 17.1. The van der Waals surface area contributed by atoms with Crippen molar-refractivity contribution in [2.24, 2.45) is 11.3 Å². The van der Waals surface area contributed by atoms with Crippen LogP contribution in [0.2, 0.25) is 10.0 Å². The number of hydrogen-bond donors (Lipinski definition) is 0. The molecule has 1 fully saturated rings. The number of Topliss-reactive ketones (excluding diaryl/α,β-unsaturated/α-hetero) is 1. The van der Waals surface area contributed by atoms with Crippen molar-refractivity contribution in [2.75, 3.05) is 13.2 Å². The van der Waals surface area contributed by atoms with Gasteiger partial charge in [-0.05, 0) is 24.6 Å². The Morgan fingerprint density at radius 3 is 2.59 bits per heavy atom. The number of ether oxygens (including phenoxy) is 2. The highest BCUT2D eigenvalue weighted by Crippen LogP contribution is 2.34. The van der Waals surface area contributed by atoms with Crippen LogP contribution in [0.3, 0.4) is 0 Å². The first-order valence-electron chi connectivity index (χ1n) is 8.86. The molecule has 146 valence electrons. The smallest absolute Gasteiger partial charge is 0.168 e. The fourth-order valence-corrected chi connectivity index (χ4v) is 3.62. The van der Waals surface area contributed by atoms with Gasteiger partial charge in [0.25, 0.3) is 0 Å². The first-order valence-corrected chi connectivity index (χ1v) is 9.61. The molecule has 27 heavy (non-hydrogen) atoms. The highest BCUT2D eigenvalue weighted by molar-refractivity contribution is 6.35. The second-order valence-corrected chi connectivity index (χ2v) is 8.33. The van der Waals surface area contributed by atoms with Gasteiger partial charge in [-0.15, -0.1) is 0 Å². The minimum Gasteiger partial charge on any atom is -0.351 e. The number of carbonyl (C=O) groups is 1. The Kier molecular flexibility index (Phi) is 6.21. The summed E-state index contributed by atoms with van der Waals surface area (Å²) < 4.78 is 13.2. The van der Waals surface area contributed by atoms with Crippen molar-refractivity contribution in [3.8, 4) is 0 Å². The lowest BCUT2D eigenvalue weighted by Crippen LogP contribution is -2.49. The van der Waals surface area contributed by atoms with Crippen molar-refractivity contribution in [2.45, 2.75) is 39.5 Å². The van der Waals surface area contributed by atoms with Gasteiger partial charge in [0, 0.05) is 22.4 Å². The molecule has 3 rings (SSSR count). The van der Waals surface area contributed by atoms with Gasteiger partial charge in [0.2, 0.25) is 0 Å². The molecule has 2 heterocycles. The van der Waals surface area contributed by atoms with Crippen molar-refractivity contribution in [1.82, 2.24) is 14.8 Å². The number of halogens is 2. The fraction of sp³-hybridized carbons (Fsp3) is 0.526. The van der Waals surface area contributed by atoms with Crippen LogP contribution < -0.4 is 0 Å². The predicted octanol–water partition coefficient (Wildman–Crippen LogP) is 3.97. The summed E-state index contributed by atoms with van der Waals surface area (Å²) in [6.45, 7) is 6.51. The Bertz CT molecular complexity index is 788. The molecular weight excluding hydrogens is 389 g/mol. The third kappa shape index (κ3) is 4.51. The Hall–Kier alpha value is -1.47. The van der Waals surface area contributed by atoms with Crippen LogP contribution in [-0.4, -0.2) is 40.1 Å². The van der Waals surface area contributed by atoms with Crippen LogP contribution in [0.5, 0.6) is 0 Å². The van der Waals surface area contributed by atoms with Crippen molar-refractivity contribution in [1.29, 1.82) is 0 Å². The molecule has 0 aliphatic carbocycles. The monoisotopic (exact) mass is 411 g/mol. The van der Waals surface area contributed by atoms with E-state index >= 15 is 0 Å². The first kappa shape index (κ1) is 20.3. The van der Waals surface area contributed by atoms with Crippen molar-refractivity contribution < 1.29 is 14.3 Å². The maximum atomic E-state index is 13.5. The topological polar surface area (TPSA) is 66.2 Å². The Morgan fingerprint density at radius 2 is 2.04 bits per heavy atom. The average molecular weight is 412 g/mol. The summed E-state index contributed by atoms with van der Waals surface area (Å²) in [6.07, 6.45) is 3.04. The van der Waals surface area contributed by atoms with E-state index in [0.717, 1.165) is 5.56 Å². The van der Waals surface area contributed by atoms with Gasteiger partial charge in [-0.1, -0.05) is 43.1 Å². The number of benzene rings is 1. The predicted molar refractivity (Wildman–Crippen MR) is 103 cm³/mol. The molecule has 0 N–H and O–H groups in total. The van der Waals surface area contributed by atoms with E-state index in [9.17, 15) is 4.79 Å². The second-order valence-electron chi connectivity index (χ2n) is 7.49. The molecule has 1 saturated heterocycles. The zero-order chi connectivity index (χ0) is 19.6. The van der Waals surface area contributed by atoms with Gasteiger partial charge in [0.15, 0.2) is 12.1 Å². The van der Waals surface area contributed by atoms with Gasteiger partial charge >= 0.3 is 0 Å². The second kappa shape index (κ2) is 8.27. The number of aromatic nitrogens is 3. The standard InChI is InChI=1S/C19H23Cl2N3O3/c1-12(2)18-26-8-19(3,9-27-18)17(25)16(24-11-22-10-23-24)6-13-4-5-14(20)7-15(13)21/h4-5,7,10-12,16,18H,6,8-9H2,1-3H3. The van der Waals surface area contributed by atoms with Gasteiger partial charge in [-0.3, -0.25) is 4.79 Å². The molecule has 1 aromatic heterocycles. The lowest BCUT2D eigenvalue weighted by Gasteiger charge is -2.39. The Morgan fingerprint density at radius 1 is 1.33 bits per heavy atom. The van der Waals surface area contributed by atoms with Crippen molar-refractivity contribution in [3.63, 3.8) is 0 Å². The van der Waals surface area contributed by atoms with E-state index < -0.39 is 11.5 Å². The average Bonchev–Trinajstić information content (AvgIpc) is 3.15. The molecule has 8 heteroatoms. The molecule has 1 unspecified atom stereocenters. The molecule has 0 saturated carbocycles. The van der Waals surface area contributed by atoms with E-state index in [4.69, 9.17) is 32.7 Å². The third-order valence-electron chi connectivity index (χ3n) is 4.76. The molecule has 2 aromatic rings. The molecular formula is C19H23Cl2N3O3. The van der Waals surface area contributed by atoms with Crippen LogP contribution in [0, 0.1) is 11.3 Å². The van der Waals surface area contributed by atoms with Gasteiger partial charge in [-0.25, -0.2) is 9.67 Å². The van der Waals surface area contributed by atoms with Crippen LogP contribution in [0.1, 0.15) is 32.4 Å². The SMILES string of the molecule is CC(C)C1OCC(C)(C(=O)C(Cc2ccc(Cl)cc2Cl)n2cncn2)CO1. The van der Waals surface area contributed by atoms with E-state index in [0.29, 0.717) is 29.7 Å². The quantitative estimate of drug-likeness (QED) is 0.718. The molecule has 6 nitrogen and oxygen atoms in total. The van der Waals surface area contributed by atoms with E-state index in [1.165, 1.54) is 12.7 Å². The lowest BCUT2D eigenvalue weighted by molar-refractivity contribution is -0.239. The highest BCUT2D eigenvalue weighted by Gasteiger charge is 2.44. The molecule has 0 radical (unpaired) electrons. The summed E-state index contributed by atoms with van der Waals surface area (Å²) in [6, 6.07) is 4.68. The van der Waals surface area contributed by atoms with Crippen LogP contribution in [-0.2, 0) is 20.7 Å². The summed E-state index contributed by atoms with van der Waals surface area (Å²) in [7, 11) is 0. The minimum absolute atomic E-state index is 0.0266. The largest absolute Gasteiger partial charge is 0.351 e. The van der Waals surface area contributed by atoms with Gasteiger partial charge in [0.05, 0.1) is 18.6 Å². The van der Waals surface area contributed by atoms with E-state index in [-0.39, 0.29) is 18.0 Å². The fourth-order valence-electron chi connectivity index (χ4n) is 3.13. The summed E-state index contributed by atoms with van der Waals surface area (Å²) >= 11 is 12.3. The van der Waals surface area contributed by atoms with E-state index in [1.807, 2.05) is 26.8 Å². The summed E-state index contributed by atoms with van der Waals surface area (Å²) in [5.74, 6) is 0.199. The maximum Gasteiger partial charge on any atom is 0.168 e. The zero-order valence-electron chi connectivity index (χ0n) is 15.6. The van der Waals surface area contributed by atoms with E-state index in [1.54, 1.807) is 16.8 Å². The molecule has 0 spiro atoms. The number of hydrogen-bond acceptors (Lipinski definition) is 5. The molecule has 1 aromatic carbocycles. The molecule has 1 aliphatic rings. The Balaban J connectivity index is 1.84. The van der Waals surface area contributed by atoms with Crippen LogP contribution in [0.15, 0.2) is 30.9 Å². The normalized spacial score (nSPS) is 24.1. The molecule has 1 atom stereocenters. The minimum atomic E-state index is -0.777. The molecule has 0 amide bonds. The maximum absolute atomic E-state index is 13.5. The van der Waals surface area contributed by atoms with Crippen LogP contribution >= 0.6 is 23.2 Å². The van der Waals surface area contributed by atoms with Gasteiger partial charge < -0.3 is 9.47 Å². The van der Waals surface area contributed by atoms with Gasteiger partial charge in [-0.2, -0.15) is 5.10 Å². The number of rotatable bonds is 6. The summed E-state index contributed by atoms with van der Waals surface area (Å²) in [4.78, 5) is 17.4. The lowest BCUT2D eigenvalue weighted by atomic mass is 9.81. The number of carbonyl (C=O) groups excluding carboxylic acids is 1. The van der Waals surface area contributed by atoms with Crippen molar-refractivity contribution in [3.05, 3.63) is 46.5 Å². The number of ketones is 1. The number of nitrogens with zero attached hydrogens (tertiary/aromatic N) is 3. The molecule has 1 aliphatic heterocycles. The van der Waals surface area contributed by atoms with E-state index in [2.05, 4.69) is 10.1 Å². The van der Waals surface area contributed by atoms with Crippen LogP contribution in [0.25, 0.3) is 0 Å². The van der Waals surface area contributed by atoms with Gasteiger partial charge in [0.1, 0.15) is 18.7 Å². The van der Waals surface area contributed by atoms with Crippen LogP contribution in [0.4, 0.5) is 0 Å². The molecule has 0 bridgehead atoms.